The van der Waals surface area contributed by atoms with Crippen LogP contribution in [0.3, 0.4) is 0 Å². The highest BCUT2D eigenvalue weighted by Crippen LogP contribution is 2.27. The molecule has 2 nitrogen and oxygen atoms in total. The molecule has 0 aliphatic carbocycles. The Morgan fingerprint density at radius 3 is 2.75 bits per heavy atom. The van der Waals surface area contributed by atoms with Crippen molar-refractivity contribution >= 4 is 11.6 Å². The van der Waals surface area contributed by atoms with Crippen LogP contribution >= 0.6 is 11.6 Å². The third-order valence-corrected chi connectivity index (χ3v) is 2.56. The number of halogens is 1. The third-order valence-electron chi connectivity index (χ3n) is 2.27. The molecule has 0 aliphatic heterocycles. The molecular formula is C13H18ClNO. The van der Waals surface area contributed by atoms with Gasteiger partial charge in [-0.15, -0.1) is 6.58 Å². The second-order valence-electron chi connectivity index (χ2n) is 4.03. The summed E-state index contributed by atoms with van der Waals surface area (Å²) >= 11 is 6.09. The van der Waals surface area contributed by atoms with Gasteiger partial charge in [0.15, 0.2) is 0 Å². The lowest BCUT2D eigenvalue weighted by Gasteiger charge is -2.11. The molecule has 2 N–H and O–H groups in total. The SMILES string of the molecule is C=C(C)CCOc1ccc([C@@H](C)N)cc1Cl. The van der Waals surface area contributed by atoms with Crippen LogP contribution in [-0.2, 0) is 0 Å². The minimum Gasteiger partial charge on any atom is -0.492 e. The van der Waals surface area contributed by atoms with Gasteiger partial charge in [0.05, 0.1) is 11.6 Å². The number of nitrogens with two attached hydrogens (primary N) is 1. The lowest BCUT2D eigenvalue weighted by atomic mass is 10.1. The van der Waals surface area contributed by atoms with E-state index in [-0.39, 0.29) is 6.04 Å². The van der Waals surface area contributed by atoms with Crippen LogP contribution in [0.15, 0.2) is 30.4 Å². The Hall–Kier alpha value is -0.990. The summed E-state index contributed by atoms with van der Waals surface area (Å²) in [5.74, 6) is 0.701. The van der Waals surface area contributed by atoms with E-state index in [1.165, 1.54) is 0 Å². The maximum atomic E-state index is 6.09. The Kier molecular flexibility index (Phi) is 4.84. The van der Waals surface area contributed by atoms with E-state index in [4.69, 9.17) is 22.1 Å². The Morgan fingerprint density at radius 2 is 2.25 bits per heavy atom. The molecule has 0 amide bonds. The van der Waals surface area contributed by atoms with Gasteiger partial charge in [0.1, 0.15) is 5.75 Å². The van der Waals surface area contributed by atoms with E-state index in [9.17, 15) is 0 Å². The van der Waals surface area contributed by atoms with E-state index in [2.05, 4.69) is 6.58 Å². The first-order valence-electron chi connectivity index (χ1n) is 5.33. The normalized spacial score (nSPS) is 12.2. The first kappa shape index (κ1) is 13.1. The van der Waals surface area contributed by atoms with Gasteiger partial charge in [-0.05, 0) is 31.5 Å². The van der Waals surface area contributed by atoms with Gasteiger partial charge in [-0.25, -0.2) is 0 Å². The molecule has 0 spiro atoms. The van der Waals surface area contributed by atoms with Gasteiger partial charge in [0, 0.05) is 12.5 Å². The average molecular weight is 240 g/mol. The molecule has 0 radical (unpaired) electrons. The minimum absolute atomic E-state index is 0.0121. The van der Waals surface area contributed by atoms with Gasteiger partial charge >= 0.3 is 0 Å². The van der Waals surface area contributed by atoms with Gasteiger partial charge in [-0.3, -0.25) is 0 Å². The number of ether oxygens (including phenoxy) is 1. The maximum absolute atomic E-state index is 6.09. The van der Waals surface area contributed by atoms with Crippen molar-refractivity contribution in [2.24, 2.45) is 5.73 Å². The molecule has 88 valence electrons. The molecule has 1 aromatic carbocycles. The summed E-state index contributed by atoms with van der Waals surface area (Å²) in [7, 11) is 0. The van der Waals surface area contributed by atoms with E-state index < -0.39 is 0 Å². The van der Waals surface area contributed by atoms with E-state index in [1.807, 2.05) is 32.0 Å². The van der Waals surface area contributed by atoms with E-state index in [0.29, 0.717) is 17.4 Å². The van der Waals surface area contributed by atoms with E-state index in [1.54, 1.807) is 0 Å². The fourth-order valence-corrected chi connectivity index (χ4v) is 1.50. The van der Waals surface area contributed by atoms with Crippen LogP contribution in [0.4, 0.5) is 0 Å². The topological polar surface area (TPSA) is 35.2 Å². The molecule has 1 atom stereocenters. The fraction of sp³-hybridized carbons (Fsp3) is 0.385. The summed E-state index contributed by atoms with van der Waals surface area (Å²) in [4.78, 5) is 0. The summed E-state index contributed by atoms with van der Waals surface area (Å²) in [5.41, 5.74) is 7.87. The Balaban J connectivity index is 2.64. The van der Waals surface area contributed by atoms with Crippen LogP contribution in [0.1, 0.15) is 31.9 Å². The van der Waals surface area contributed by atoms with E-state index >= 15 is 0 Å². The largest absolute Gasteiger partial charge is 0.492 e. The first-order chi connectivity index (χ1) is 7.50. The zero-order valence-electron chi connectivity index (χ0n) is 9.79. The molecule has 0 fully saturated rings. The molecule has 0 aliphatic rings. The molecule has 0 bridgehead atoms. The van der Waals surface area contributed by atoms with Crippen LogP contribution in [0.2, 0.25) is 5.02 Å². The predicted octanol–water partition coefficient (Wildman–Crippen LogP) is 3.70. The smallest absolute Gasteiger partial charge is 0.137 e. The minimum atomic E-state index is -0.0121. The van der Waals surface area contributed by atoms with Gasteiger partial charge in [-0.2, -0.15) is 0 Å². The Labute approximate surface area is 102 Å². The molecule has 3 heteroatoms. The summed E-state index contributed by atoms with van der Waals surface area (Å²) in [6.07, 6.45) is 0.839. The molecule has 0 heterocycles. The standard InChI is InChI=1S/C13H18ClNO/c1-9(2)6-7-16-13-5-4-11(10(3)15)8-12(13)14/h4-5,8,10H,1,6-7,15H2,2-3H3/t10-/m1/s1. The van der Waals surface area contributed by atoms with Crippen molar-refractivity contribution in [2.75, 3.05) is 6.61 Å². The summed E-state index contributed by atoms with van der Waals surface area (Å²) in [5, 5.41) is 0.608. The number of rotatable bonds is 5. The molecule has 1 aromatic rings. The quantitative estimate of drug-likeness (QED) is 0.796. The van der Waals surface area contributed by atoms with E-state index in [0.717, 1.165) is 17.6 Å². The van der Waals surface area contributed by atoms with Crippen LogP contribution in [0, 0.1) is 0 Å². The molecule has 16 heavy (non-hydrogen) atoms. The van der Waals surface area contributed by atoms with Crippen molar-refractivity contribution in [1.82, 2.24) is 0 Å². The van der Waals surface area contributed by atoms with Crippen molar-refractivity contribution in [3.05, 3.63) is 40.9 Å². The van der Waals surface area contributed by atoms with Crippen molar-refractivity contribution in [3.63, 3.8) is 0 Å². The monoisotopic (exact) mass is 239 g/mol. The second kappa shape index (κ2) is 5.92. The Bertz CT molecular complexity index is 374. The predicted molar refractivity (Wildman–Crippen MR) is 69.0 cm³/mol. The van der Waals surface area contributed by atoms with Crippen LogP contribution in [0.5, 0.6) is 5.75 Å². The van der Waals surface area contributed by atoms with Crippen LogP contribution in [0.25, 0.3) is 0 Å². The van der Waals surface area contributed by atoms with Gasteiger partial charge in [0.2, 0.25) is 0 Å². The number of benzene rings is 1. The molecule has 0 unspecified atom stereocenters. The molecule has 1 rings (SSSR count). The number of hydrogen-bond acceptors (Lipinski definition) is 2. The highest BCUT2D eigenvalue weighted by molar-refractivity contribution is 6.32. The van der Waals surface area contributed by atoms with Crippen molar-refractivity contribution < 1.29 is 4.74 Å². The zero-order chi connectivity index (χ0) is 12.1. The zero-order valence-corrected chi connectivity index (χ0v) is 10.6. The molecule has 0 aromatic heterocycles. The van der Waals surface area contributed by atoms with Crippen molar-refractivity contribution in [1.29, 1.82) is 0 Å². The second-order valence-corrected chi connectivity index (χ2v) is 4.44. The summed E-state index contributed by atoms with van der Waals surface area (Å²) < 4.78 is 5.55. The maximum Gasteiger partial charge on any atom is 0.137 e. The highest BCUT2D eigenvalue weighted by atomic mass is 35.5. The Morgan fingerprint density at radius 1 is 1.56 bits per heavy atom. The summed E-state index contributed by atoms with van der Waals surface area (Å²) in [6, 6.07) is 5.64. The van der Waals surface area contributed by atoms with Crippen molar-refractivity contribution in [2.45, 2.75) is 26.3 Å². The van der Waals surface area contributed by atoms with Crippen LogP contribution in [-0.4, -0.2) is 6.61 Å². The lowest BCUT2D eigenvalue weighted by Crippen LogP contribution is -2.05. The van der Waals surface area contributed by atoms with Crippen molar-refractivity contribution in [3.8, 4) is 5.75 Å². The lowest BCUT2D eigenvalue weighted by molar-refractivity contribution is 0.322. The third kappa shape index (κ3) is 3.87. The first-order valence-corrected chi connectivity index (χ1v) is 5.70. The summed E-state index contributed by atoms with van der Waals surface area (Å²) in [6.45, 7) is 8.32. The average Bonchev–Trinajstić information content (AvgIpc) is 2.19. The highest BCUT2D eigenvalue weighted by Gasteiger charge is 2.05. The molecular weight excluding hydrogens is 222 g/mol. The van der Waals surface area contributed by atoms with Crippen LogP contribution < -0.4 is 10.5 Å². The molecule has 0 saturated carbocycles. The van der Waals surface area contributed by atoms with Gasteiger partial charge < -0.3 is 10.5 Å². The van der Waals surface area contributed by atoms with Gasteiger partial charge in [0.25, 0.3) is 0 Å². The molecule has 0 saturated heterocycles. The number of hydrogen-bond donors (Lipinski definition) is 1. The van der Waals surface area contributed by atoms with Gasteiger partial charge in [-0.1, -0.05) is 23.2 Å². The fourth-order valence-electron chi connectivity index (χ4n) is 1.25.